The van der Waals surface area contributed by atoms with Crippen molar-refractivity contribution >= 4 is 65.0 Å². The van der Waals surface area contributed by atoms with Crippen LogP contribution in [-0.4, -0.2) is 238 Å². The summed E-state index contributed by atoms with van der Waals surface area (Å²) in [4.78, 5) is 168. The Labute approximate surface area is 513 Å². The average Bonchev–Trinajstić information content (AvgIpc) is 2.16. The number of likely N-dealkylation sites (N-methyl/N-ethyl adjacent to an activating group) is 7. The second-order valence-corrected chi connectivity index (χ2v) is 26.4. The number of aliphatic hydroxyl groups is 2. The highest BCUT2D eigenvalue weighted by atomic mass is 16.3. The number of nitrogens with zero attached hydrogens (tertiary/aromatic N) is 7. The van der Waals surface area contributed by atoms with Crippen molar-refractivity contribution < 1.29 is 63.0 Å². The Balaban J connectivity index is 4.37. The molecule has 0 saturated carbocycles. The molecule has 86 heavy (non-hydrogen) atoms. The fraction of sp³-hybridized carbons (Fsp3) is 0.790. The molecular formula is C62H111N11O13. The van der Waals surface area contributed by atoms with Crippen LogP contribution >= 0.6 is 0 Å². The molecule has 0 aromatic rings. The summed E-state index contributed by atoms with van der Waals surface area (Å²) < 4.78 is 0. The highest BCUT2D eigenvalue weighted by Crippen LogP contribution is 2.26. The fourth-order valence-electron chi connectivity index (χ4n) is 10.7. The van der Waals surface area contributed by atoms with E-state index in [0.717, 1.165) is 14.7 Å². The van der Waals surface area contributed by atoms with Gasteiger partial charge in [-0.15, -0.1) is 0 Å². The van der Waals surface area contributed by atoms with E-state index in [9.17, 15) is 53.4 Å². The van der Waals surface area contributed by atoms with Gasteiger partial charge in [-0.05, 0) is 101 Å². The number of carbonyl (C=O) groups is 11. The molecule has 0 aromatic carbocycles. The third-order valence-corrected chi connectivity index (χ3v) is 16.1. The molecule has 0 unspecified atom stereocenters. The molecule has 13 atom stereocenters. The van der Waals surface area contributed by atoms with E-state index >= 15 is 9.59 Å². The van der Waals surface area contributed by atoms with E-state index in [1.165, 1.54) is 89.7 Å². The summed E-state index contributed by atoms with van der Waals surface area (Å²) >= 11 is 0. The van der Waals surface area contributed by atoms with E-state index in [1.54, 1.807) is 53.7 Å². The minimum Gasteiger partial charge on any atom is -0.391 e. The zero-order chi connectivity index (χ0) is 66.8. The number of rotatable bonds is 15. The second kappa shape index (κ2) is 35.0. The maximum absolute atomic E-state index is 15.1. The number of hydrogen-bond acceptors (Lipinski definition) is 13. The van der Waals surface area contributed by atoms with Crippen molar-refractivity contribution in [1.82, 2.24) is 55.6 Å². The molecule has 492 valence electrons. The molecule has 0 aliphatic carbocycles. The molecule has 1 rings (SSSR count). The highest BCUT2D eigenvalue weighted by Gasteiger charge is 2.46. The van der Waals surface area contributed by atoms with Gasteiger partial charge < -0.3 is 65.8 Å². The zero-order valence-corrected chi connectivity index (χ0v) is 56.4. The first-order valence-electron chi connectivity index (χ1n) is 30.6. The summed E-state index contributed by atoms with van der Waals surface area (Å²) in [6, 6.07) is -13.2. The summed E-state index contributed by atoms with van der Waals surface area (Å²) in [6.45, 7) is 28.5. The van der Waals surface area contributed by atoms with Crippen molar-refractivity contribution in [2.45, 2.75) is 222 Å². The van der Waals surface area contributed by atoms with E-state index in [1.807, 2.05) is 55.4 Å². The molecule has 0 radical (unpaired) electrons. The topological polar surface area (TPSA) is 299 Å². The molecule has 1 aliphatic rings. The first kappa shape index (κ1) is 77.8. The maximum atomic E-state index is 15.1. The molecule has 0 bridgehead atoms. The Morgan fingerprint density at radius 1 is 0.430 bits per heavy atom. The minimum atomic E-state index is -1.74. The molecule has 11 amide bonds. The molecule has 6 N–H and O–H groups in total. The summed E-state index contributed by atoms with van der Waals surface area (Å²) in [5.74, 6) is -10.7. The van der Waals surface area contributed by atoms with Crippen LogP contribution in [0.25, 0.3) is 0 Å². The summed E-state index contributed by atoms with van der Waals surface area (Å²) in [5.41, 5.74) is 0. The van der Waals surface area contributed by atoms with Gasteiger partial charge >= 0.3 is 0 Å². The summed E-state index contributed by atoms with van der Waals surface area (Å²) in [7, 11) is 9.62. The summed E-state index contributed by atoms with van der Waals surface area (Å²) in [5, 5.41) is 34.0. The average molecular weight is 1220 g/mol. The lowest BCUT2D eigenvalue weighted by Gasteiger charge is -2.41. The lowest BCUT2D eigenvalue weighted by Crippen LogP contribution is -2.64. The molecule has 1 fully saturated rings. The number of aliphatic hydroxyl groups excluding tert-OH is 2. The number of nitrogens with one attached hydrogen (secondary N) is 4. The molecule has 1 heterocycles. The van der Waals surface area contributed by atoms with Gasteiger partial charge in [0.05, 0.1) is 18.8 Å². The van der Waals surface area contributed by atoms with Gasteiger partial charge in [0.1, 0.15) is 60.4 Å². The third-order valence-electron chi connectivity index (χ3n) is 16.1. The van der Waals surface area contributed by atoms with Gasteiger partial charge in [0.15, 0.2) is 0 Å². The van der Waals surface area contributed by atoms with Crippen LogP contribution in [0, 0.1) is 41.4 Å². The number of hydrogen-bond donors (Lipinski definition) is 6. The van der Waals surface area contributed by atoms with Crippen LogP contribution in [0.2, 0.25) is 0 Å². The van der Waals surface area contributed by atoms with Crippen LogP contribution in [0.5, 0.6) is 0 Å². The van der Waals surface area contributed by atoms with E-state index in [2.05, 4.69) is 21.3 Å². The lowest BCUT2D eigenvalue weighted by atomic mass is 9.91. The summed E-state index contributed by atoms with van der Waals surface area (Å²) in [6.07, 6.45) is 1.10. The van der Waals surface area contributed by atoms with Gasteiger partial charge in [-0.1, -0.05) is 102 Å². The molecule has 1 aliphatic heterocycles. The Morgan fingerprint density at radius 3 is 1.27 bits per heavy atom. The van der Waals surface area contributed by atoms with Crippen LogP contribution in [-0.2, 0) is 52.7 Å². The van der Waals surface area contributed by atoms with Crippen molar-refractivity contribution in [3.63, 3.8) is 0 Å². The minimum absolute atomic E-state index is 0.113. The van der Waals surface area contributed by atoms with Gasteiger partial charge in [0.25, 0.3) is 0 Å². The van der Waals surface area contributed by atoms with Crippen LogP contribution in [0.3, 0.4) is 0 Å². The Bertz CT molecular complexity index is 2360. The van der Waals surface area contributed by atoms with Crippen LogP contribution in [0.1, 0.15) is 150 Å². The molecule has 0 spiro atoms. The third kappa shape index (κ3) is 21.6. The molecule has 24 heteroatoms. The first-order valence-corrected chi connectivity index (χ1v) is 30.6. The fourth-order valence-corrected chi connectivity index (χ4v) is 10.7. The Morgan fingerprint density at radius 2 is 0.826 bits per heavy atom. The Hall–Kier alpha value is -6.17. The zero-order valence-electron chi connectivity index (χ0n) is 56.4. The van der Waals surface area contributed by atoms with Crippen LogP contribution in [0.15, 0.2) is 12.2 Å². The van der Waals surface area contributed by atoms with Crippen molar-refractivity contribution in [2.24, 2.45) is 41.4 Å². The normalized spacial score (nSPS) is 27.1. The largest absolute Gasteiger partial charge is 0.391 e. The molecule has 1 saturated heterocycles. The Kier molecular flexibility index (Phi) is 31.7. The smallest absolute Gasteiger partial charge is 0.248 e. The molecule has 24 nitrogen and oxygen atoms in total. The van der Waals surface area contributed by atoms with Gasteiger partial charge in [-0.2, -0.15) is 0 Å². The van der Waals surface area contributed by atoms with Crippen LogP contribution in [0.4, 0.5) is 0 Å². The second-order valence-electron chi connectivity index (χ2n) is 26.4. The van der Waals surface area contributed by atoms with Crippen molar-refractivity contribution in [3.8, 4) is 0 Å². The van der Waals surface area contributed by atoms with Crippen LogP contribution < -0.4 is 21.3 Å². The standard InChI is InChI=1S/C62H111N11O13/c1-25-26-27-39(14)52(76)51-56(80)66-49(42(17)74)60(84)67(18)32-47(75)68(19)43(28-33(2)3)55(79)65-48(37(10)11)61(85)69(20)44(29-34(4)5)54(78)63-40(15)53(77)64-41(16)57(81)70(21)45(30-35(6)7)58(82)71(22)46(31-36(8)9)59(83)72(23)50(38(12)13)62(86)73(51)24/h25-26,33-46,48-52,74,76H,27-32H2,1-24H3,(H,63,78)(H,64,77)(H,65,79)(H,66,80)/b26-25+/t39-,40+,41-,42-,43+,44+,45+,46+,48+,49+,50+,51+,52-/m1/s1. The van der Waals surface area contributed by atoms with E-state index in [0.29, 0.717) is 0 Å². The number of amides is 11. The molecular weight excluding hydrogens is 1110 g/mol. The van der Waals surface area contributed by atoms with Gasteiger partial charge in [0, 0.05) is 49.3 Å². The van der Waals surface area contributed by atoms with Crippen molar-refractivity contribution in [3.05, 3.63) is 12.2 Å². The predicted octanol–water partition coefficient (Wildman–Crippen LogP) is 2.24. The van der Waals surface area contributed by atoms with Gasteiger partial charge in [-0.25, -0.2) is 0 Å². The quantitative estimate of drug-likeness (QED) is 0.129. The lowest BCUT2D eigenvalue weighted by molar-refractivity contribution is -0.157. The first-order chi connectivity index (χ1) is 39.6. The highest BCUT2D eigenvalue weighted by molar-refractivity contribution is 5.99. The molecule has 0 aromatic heterocycles. The monoisotopic (exact) mass is 1220 g/mol. The van der Waals surface area contributed by atoms with Gasteiger partial charge in [0.2, 0.25) is 65.0 Å². The van der Waals surface area contributed by atoms with E-state index in [-0.39, 0.29) is 55.8 Å². The van der Waals surface area contributed by atoms with Gasteiger partial charge in [-0.3, -0.25) is 52.7 Å². The van der Waals surface area contributed by atoms with E-state index < -0.39 is 162 Å². The number of allylic oxidation sites excluding steroid dienone is 2. The van der Waals surface area contributed by atoms with Crippen molar-refractivity contribution in [1.29, 1.82) is 0 Å². The maximum Gasteiger partial charge on any atom is 0.248 e. The predicted molar refractivity (Wildman–Crippen MR) is 330 cm³/mol. The van der Waals surface area contributed by atoms with Crippen molar-refractivity contribution in [2.75, 3.05) is 55.9 Å². The SMILES string of the molecule is C/C=C/C[C@@H](C)[C@@H](O)[C@H]1C(=O)N[C@@H]([C@@H](C)O)C(=O)N(C)CC(=O)N(C)[C@@H](CC(C)C)C(=O)N[C@@H](C(C)C)C(=O)N(C)[C@@H](CC(C)C)C(=O)N[C@@H](C)C(=O)N[C@H](C)C(=O)N(C)[C@@H](CC(C)C)C(=O)N(C)[C@@H](CC(C)C)C(=O)N(C)[C@@H](C(C)C)C(=O)N1C. The number of carbonyl (C=O) groups excluding carboxylic acids is 11. The van der Waals surface area contributed by atoms with E-state index in [4.69, 9.17) is 0 Å².